The van der Waals surface area contributed by atoms with Crippen LogP contribution in [-0.2, 0) is 4.79 Å². The Morgan fingerprint density at radius 3 is 2.64 bits per heavy atom. The summed E-state index contributed by atoms with van der Waals surface area (Å²) < 4.78 is 5.53. The number of carbonyl (C=O) groups excluding carboxylic acids is 1. The first-order valence-electron chi connectivity index (χ1n) is 4.62. The molecule has 0 aliphatic rings. The number of ether oxygens (including phenoxy) is 1. The Labute approximate surface area is 84.9 Å². The average Bonchev–Trinajstić information content (AvgIpc) is 2.14. The minimum Gasteiger partial charge on any atom is -0.493 e. The minimum atomic E-state index is 0.126. The maximum atomic E-state index is 10.4. The van der Waals surface area contributed by atoms with Gasteiger partial charge in [-0.15, -0.1) is 0 Å². The standard InChI is InChI=1S/C12H15O2/c1-12(2,3)9-14-11-6-4-5-10(7-11)8-13/h4-7H,9H2,1-3H3. The second-order valence-corrected chi connectivity index (χ2v) is 4.48. The molecule has 2 nitrogen and oxygen atoms in total. The Balaban J connectivity index is 2.63. The van der Waals surface area contributed by atoms with Crippen molar-refractivity contribution in [3.05, 3.63) is 29.8 Å². The van der Waals surface area contributed by atoms with Crippen molar-refractivity contribution in [2.24, 2.45) is 5.41 Å². The second-order valence-electron chi connectivity index (χ2n) is 4.48. The summed E-state index contributed by atoms with van der Waals surface area (Å²) in [6.45, 7) is 6.93. The van der Waals surface area contributed by atoms with Gasteiger partial charge in [0.15, 0.2) is 0 Å². The van der Waals surface area contributed by atoms with Crippen LogP contribution in [0.4, 0.5) is 0 Å². The maximum absolute atomic E-state index is 10.4. The molecule has 0 aromatic heterocycles. The Morgan fingerprint density at radius 1 is 1.36 bits per heavy atom. The lowest BCUT2D eigenvalue weighted by atomic mass is 9.99. The molecule has 0 heterocycles. The van der Waals surface area contributed by atoms with E-state index in [0.29, 0.717) is 12.2 Å². The van der Waals surface area contributed by atoms with E-state index in [9.17, 15) is 4.79 Å². The molecular formula is C12H15O2. The van der Waals surface area contributed by atoms with Crippen LogP contribution in [0.25, 0.3) is 0 Å². The van der Waals surface area contributed by atoms with Crippen LogP contribution in [0.2, 0.25) is 0 Å². The molecule has 0 aliphatic heterocycles. The van der Waals surface area contributed by atoms with E-state index < -0.39 is 0 Å². The van der Waals surface area contributed by atoms with Crippen LogP contribution in [0.3, 0.4) is 0 Å². The largest absolute Gasteiger partial charge is 0.493 e. The first-order chi connectivity index (χ1) is 6.51. The van der Waals surface area contributed by atoms with Gasteiger partial charge in [0.1, 0.15) is 5.75 Å². The molecule has 1 rings (SSSR count). The van der Waals surface area contributed by atoms with Crippen molar-refractivity contribution in [2.75, 3.05) is 6.61 Å². The molecule has 0 saturated carbocycles. The molecule has 0 fully saturated rings. The van der Waals surface area contributed by atoms with Crippen molar-refractivity contribution in [3.63, 3.8) is 0 Å². The molecule has 1 aromatic rings. The van der Waals surface area contributed by atoms with E-state index in [0.717, 1.165) is 5.75 Å². The molecule has 1 radical (unpaired) electrons. The summed E-state index contributed by atoms with van der Waals surface area (Å²) in [5.74, 6) is 0.723. The van der Waals surface area contributed by atoms with Gasteiger partial charge in [-0.3, -0.25) is 4.79 Å². The fourth-order valence-electron chi connectivity index (χ4n) is 0.949. The van der Waals surface area contributed by atoms with E-state index in [4.69, 9.17) is 4.74 Å². The molecule has 0 amide bonds. The summed E-state index contributed by atoms with van der Waals surface area (Å²) in [6, 6.07) is 7.03. The van der Waals surface area contributed by atoms with E-state index >= 15 is 0 Å². The number of rotatable bonds is 3. The van der Waals surface area contributed by atoms with E-state index in [1.165, 1.54) is 0 Å². The van der Waals surface area contributed by atoms with Gasteiger partial charge >= 0.3 is 0 Å². The van der Waals surface area contributed by atoms with Gasteiger partial charge in [-0.2, -0.15) is 0 Å². The Kier molecular flexibility index (Phi) is 3.28. The molecule has 2 heteroatoms. The van der Waals surface area contributed by atoms with Gasteiger partial charge in [0.05, 0.1) is 6.61 Å². The highest BCUT2D eigenvalue weighted by Gasteiger charge is 2.10. The van der Waals surface area contributed by atoms with Gasteiger partial charge in [-0.25, -0.2) is 0 Å². The van der Waals surface area contributed by atoms with Crippen molar-refractivity contribution < 1.29 is 9.53 Å². The quantitative estimate of drug-likeness (QED) is 0.734. The summed E-state index contributed by atoms with van der Waals surface area (Å²) >= 11 is 0. The van der Waals surface area contributed by atoms with Crippen molar-refractivity contribution in [3.8, 4) is 5.75 Å². The first-order valence-corrected chi connectivity index (χ1v) is 4.62. The highest BCUT2D eigenvalue weighted by molar-refractivity contribution is 5.75. The van der Waals surface area contributed by atoms with E-state index in [1.807, 2.05) is 12.4 Å². The molecule has 0 spiro atoms. The zero-order valence-corrected chi connectivity index (χ0v) is 8.83. The van der Waals surface area contributed by atoms with Crippen LogP contribution in [-0.4, -0.2) is 12.9 Å². The monoisotopic (exact) mass is 191 g/mol. The zero-order chi connectivity index (χ0) is 10.6. The van der Waals surface area contributed by atoms with Gasteiger partial charge in [-0.1, -0.05) is 32.9 Å². The molecule has 14 heavy (non-hydrogen) atoms. The van der Waals surface area contributed by atoms with Gasteiger partial charge in [0.25, 0.3) is 0 Å². The molecule has 0 N–H and O–H groups in total. The highest BCUT2D eigenvalue weighted by Crippen LogP contribution is 2.18. The van der Waals surface area contributed by atoms with Crippen LogP contribution in [0.5, 0.6) is 5.75 Å². The lowest BCUT2D eigenvalue weighted by Gasteiger charge is -2.18. The highest BCUT2D eigenvalue weighted by atomic mass is 16.5. The van der Waals surface area contributed by atoms with Crippen LogP contribution in [0.1, 0.15) is 26.3 Å². The SMILES string of the molecule is CC(C)(C)COc1cccc([C]=O)c1. The summed E-state index contributed by atoms with van der Waals surface area (Å²) in [6.07, 6.45) is 1.83. The molecule has 0 atom stereocenters. The Hall–Kier alpha value is -1.31. The smallest absolute Gasteiger partial charge is 0.233 e. The van der Waals surface area contributed by atoms with Gasteiger partial charge < -0.3 is 4.74 Å². The molecular weight excluding hydrogens is 176 g/mol. The minimum absolute atomic E-state index is 0.126. The molecule has 0 bridgehead atoms. The number of benzene rings is 1. The van der Waals surface area contributed by atoms with Crippen LogP contribution in [0, 0.1) is 5.41 Å². The summed E-state index contributed by atoms with van der Waals surface area (Å²) in [7, 11) is 0. The Morgan fingerprint density at radius 2 is 2.07 bits per heavy atom. The molecule has 75 valence electrons. The second kappa shape index (κ2) is 4.27. The first kappa shape index (κ1) is 10.8. The van der Waals surface area contributed by atoms with Gasteiger partial charge in [-0.05, 0) is 17.5 Å². The van der Waals surface area contributed by atoms with Crippen LogP contribution in [0.15, 0.2) is 24.3 Å². The third kappa shape index (κ3) is 3.60. The van der Waals surface area contributed by atoms with Gasteiger partial charge in [0, 0.05) is 5.56 Å². The van der Waals surface area contributed by atoms with Crippen molar-refractivity contribution >= 4 is 6.29 Å². The van der Waals surface area contributed by atoms with Crippen molar-refractivity contribution in [1.29, 1.82) is 0 Å². The van der Waals surface area contributed by atoms with Crippen LogP contribution >= 0.6 is 0 Å². The molecule has 0 aliphatic carbocycles. The Bertz CT molecular complexity index is 310. The lowest BCUT2D eigenvalue weighted by molar-refractivity contribution is 0.198. The fraction of sp³-hybridized carbons (Fsp3) is 0.417. The number of hydrogen-bond donors (Lipinski definition) is 0. The van der Waals surface area contributed by atoms with Crippen molar-refractivity contribution in [1.82, 2.24) is 0 Å². The normalized spacial score (nSPS) is 11.1. The van der Waals surface area contributed by atoms with E-state index in [-0.39, 0.29) is 5.41 Å². The third-order valence-electron chi connectivity index (χ3n) is 1.62. The zero-order valence-electron chi connectivity index (χ0n) is 8.83. The number of hydrogen-bond acceptors (Lipinski definition) is 2. The summed E-state index contributed by atoms with van der Waals surface area (Å²) in [5.41, 5.74) is 0.650. The van der Waals surface area contributed by atoms with E-state index in [1.54, 1.807) is 18.2 Å². The predicted molar refractivity (Wildman–Crippen MR) is 56.2 cm³/mol. The molecule has 0 saturated heterocycles. The average molecular weight is 191 g/mol. The summed E-state index contributed by atoms with van der Waals surface area (Å²) in [4.78, 5) is 10.4. The maximum Gasteiger partial charge on any atom is 0.233 e. The topological polar surface area (TPSA) is 26.3 Å². The van der Waals surface area contributed by atoms with Gasteiger partial charge in [0.2, 0.25) is 6.29 Å². The lowest BCUT2D eigenvalue weighted by Crippen LogP contribution is -2.16. The van der Waals surface area contributed by atoms with E-state index in [2.05, 4.69) is 20.8 Å². The predicted octanol–water partition coefficient (Wildman–Crippen LogP) is 2.57. The van der Waals surface area contributed by atoms with Crippen molar-refractivity contribution in [2.45, 2.75) is 20.8 Å². The molecule has 1 aromatic carbocycles. The third-order valence-corrected chi connectivity index (χ3v) is 1.62. The summed E-state index contributed by atoms with van der Waals surface area (Å²) in [5, 5.41) is 0. The van der Waals surface area contributed by atoms with Crippen LogP contribution < -0.4 is 4.74 Å². The molecule has 0 unspecified atom stereocenters. The fourth-order valence-corrected chi connectivity index (χ4v) is 0.949.